The maximum atomic E-state index is 5.77. The van der Waals surface area contributed by atoms with Gasteiger partial charge in [0.05, 0.1) is 6.10 Å². The lowest BCUT2D eigenvalue weighted by Gasteiger charge is -2.41. The summed E-state index contributed by atoms with van der Waals surface area (Å²) in [5.41, 5.74) is 0.373. The van der Waals surface area contributed by atoms with Gasteiger partial charge in [0.2, 0.25) is 0 Å². The molecule has 2 rings (SSSR count). The number of hydrogen-bond acceptors (Lipinski definition) is 2. The molecule has 3 atom stereocenters. The van der Waals surface area contributed by atoms with E-state index in [2.05, 4.69) is 25.9 Å². The summed E-state index contributed by atoms with van der Waals surface area (Å²) in [6.45, 7) is 2.28. The van der Waals surface area contributed by atoms with E-state index in [0.29, 0.717) is 17.7 Å². The summed E-state index contributed by atoms with van der Waals surface area (Å²) in [5.74, 6) is 0. The van der Waals surface area contributed by atoms with E-state index < -0.39 is 0 Å². The molecule has 0 spiro atoms. The van der Waals surface area contributed by atoms with Gasteiger partial charge >= 0.3 is 0 Å². The molecule has 1 aliphatic heterocycles. The Balaban J connectivity index is 0.000000980. The molecule has 0 amide bonds. The van der Waals surface area contributed by atoms with Crippen LogP contribution in [0.1, 0.15) is 39.0 Å². The minimum Gasteiger partial charge on any atom is -0.368 e. The number of hydrogen-bond donors (Lipinski definition) is 0. The maximum Gasteiger partial charge on any atom is 0.102 e. The Morgan fingerprint density at radius 3 is 2.71 bits per heavy atom. The molecule has 2 nitrogen and oxygen atoms in total. The van der Waals surface area contributed by atoms with Crippen LogP contribution in [0.15, 0.2) is 0 Å². The van der Waals surface area contributed by atoms with Crippen LogP contribution in [-0.4, -0.2) is 36.7 Å². The lowest BCUT2D eigenvalue weighted by atomic mass is 9.77. The van der Waals surface area contributed by atoms with E-state index >= 15 is 0 Å². The molecule has 0 radical (unpaired) electrons. The van der Waals surface area contributed by atoms with Gasteiger partial charge in [0.15, 0.2) is 0 Å². The Hall–Kier alpha value is 0.210. The zero-order valence-electron chi connectivity index (χ0n) is 9.45. The molecule has 14 heavy (non-hydrogen) atoms. The van der Waals surface area contributed by atoms with Crippen molar-refractivity contribution in [3.63, 3.8) is 0 Å². The van der Waals surface area contributed by atoms with Gasteiger partial charge in [-0.05, 0) is 39.8 Å². The zero-order chi connectivity index (χ0) is 9.47. The van der Waals surface area contributed by atoms with E-state index in [1.807, 2.05) is 0 Å². The second kappa shape index (κ2) is 4.38. The number of nitrogens with zero attached hydrogens (tertiary/aromatic N) is 1. The standard InChI is InChI=1S/C11H21NO.ClH/c1-4-7-11(12(2)3)8-5-6-9-10(11)13-9;/h9-10H,4-8H2,1-3H3;1H. The van der Waals surface area contributed by atoms with Crippen LogP contribution in [0.2, 0.25) is 0 Å². The highest BCUT2D eigenvalue weighted by atomic mass is 35.5. The minimum atomic E-state index is 0. The van der Waals surface area contributed by atoms with Gasteiger partial charge in [-0.2, -0.15) is 0 Å². The Labute approximate surface area is 93.4 Å². The van der Waals surface area contributed by atoms with E-state index in [9.17, 15) is 0 Å². The molecular formula is C11H22ClNO. The van der Waals surface area contributed by atoms with E-state index in [1.54, 1.807) is 0 Å². The number of halogens is 1. The molecule has 1 saturated heterocycles. The summed E-state index contributed by atoms with van der Waals surface area (Å²) in [4.78, 5) is 2.40. The molecule has 0 bridgehead atoms. The Morgan fingerprint density at radius 2 is 2.14 bits per heavy atom. The van der Waals surface area contributed by atoms with E-state index in [0.717, 1.165) is 0 Å². The highest BCUT2D eigenvalue weighted by Gasteiger charge is 2.57. The fourth-order valence-electron chi connectivity index (χ4n) is 2.99. The molecule has 2 fully saturated rings. The number of fused-ring (bicyclic) bond motifs is 1. The first-order valence-corrected chi connectivity index (χ1v) is 5.53. The molecule has 1 saturated carbocycles. The van der Waals surface area contributed by atoms with Crippen molar-refractivity contribution in [1.29, 1.82) is 0 Å². The van der Waals surface area contributed by atoms with E-state index in [4.69, 9.17) is 4.74 Å². The van der Waals surface area contributed by atoms with Crippen LogP contribution >= 0.6 is 12.4 Å². The van der Waals surface area contributed by atoms with Gasteiger partial charge in [0, 0.05) is 5.54 Å². The molecule has 1 heterocycles. The molecular weight excluding hydrogens is 198 g/mol. The van der Waals surface area contributed by atoms with Crippen LogP contribution in [-0.2, 0) is 4.74 Å². The van der Waals surface area contributed by atoms with Gasteiger partial charge in [0.1, 0.15) is 6.10 Å². The predicted molar refractivity (Wildman–Crippen MR) is 61.1 cm³/mol. The third kappa shape index (κ3) is 1.80. The first-order valence-electron chi connectivity index (χ1n) is 5.53. The van der Waals surface area contributed by atoms with Crippen molar-refractivity contribution in [1.82, 2.24) is 4.90 Å². The van der Waals surface area contributed by atoms with Crippen molar-refractivity contribution in [3.8, 4) is 0 Å². The molecule has 0 N–H and O–H groups in total. The van der Waals surface area contributed by atoms with Crippen molar-refractivity contribution in [2.45, 2.75) is 56.8 Å². The average molecular weight is 220 g/mol. The quantitative estimate of drug-likeness (QED) is 0.678. The van der Waals surface area contributed by atoms with Crippen LogP contribution in [0, 0.1) is 0 Å². The van der Waals surface area contributed by atoms with Crippen LogP contribution in [0.25, 0.3) is 0 Å². The van der Waals surface area contributed by atoms with Crippen molar-refractivity contribution in [3.05, 3.63) is 0 Å². The molecule has 0 aromatic rings. The van der Waals surface area contributed by atoms with Gasteiger partial charge in [-0.15, -0.1) is 12.4 Å². The Kier molecular flexibility index (Phi) is 3.84. The minimum absolute atomic E-state index is 0. The Morgan fingerprint density at radius 1 is 1.43 bits per heavy atom. The average Bonchev–Trinajstić information content (AvgIpc) is 2.84. The maximum absolute atomic E-state index is 5.77. The Bertz CT molecular complexity index is 194. The van der Waals surface area contributed by atoms with Crippen LogP contribution in [0.3, 0.4) is 0 Å². The first kappa shape index (κ1) is 12.3. The summed E-state index contributed by atoms with van der Waals surface area (Å²) in [7, 11) is 4.42. The number of epoxide rings is 1. The highest BCUT2D eigenvalue weighted by Crippen LogP contribution is 2.47. The molecule has 3 unspecified atom stereocenters. The lowest BCUT2D eigenvalue weighted by molar-refractivity contribution is 0.0836. The van der Waals surface area contributed by atoms with Crippen molar-refractivity contribution < 1.29 is 4.74 Å². The molecule has 0 aromatic carbocycles. The fraction of sp³-hybridized carbons (Fsp3) is 1.00. The van der Waals surface area contributed by atoms with Crippen molar-refractivity contribution in [2.24, 2.45) is 0 Å². The first-order chi connectivity index (χ1) is 6.20. The van der Waals surface area contributed by atoms with Crippen LogP contribution in [0.5, 0.6) is 0 Å². The van der Waals surface area contributed by atoms with Crippen molar-refractivity contribution in [2.75, 3.05) is 14.1 Å². The summed E-state index contributed by atoms with van der Waals surface area (Å²) in [5, 5.41) is 0. The molecule has 3 heteroatoms. The van der Waals surface area contributed by atoms with E-state index in [-0.39, 0.29) is 12.4 Å². The molecule has 0 aromatic heterocycles. The predicted octanol–water partition coefficient (Wildman–Crippen LogP) is 2.46. The summed E-state index contributed by atoms with van der Waals surface area (Å²) >= 11 is 0. The van der Waals surface area contributed by atoms with Gasteiger partial charge in [-0.1, -0.05) is 13.3 Å². The number of likely N-dealkylation sites (N-methyl/N-ethyl adjacent to an activating group) is 1. The van der Waals surface area contributed by atoms with Gasteiger partial charge in [-0.25, -0.2) is 0 Å². The monoisotopic (exact) mass is 219 g/mol. The van der Waals surface area contributed by atoms with Gasteiger partial charge < -0.3 is 9.64 Å². The molecule has 84 valence electrons. The third-order valence-electron chi connectivity index (χ3n) is 3.78. The van der Waals surface area contributed by atoms with Crippen molar-refractivity contribution >= 4 is 12.4 Å². The third-order valence-corrected chi connectivity index (χ3v) is 3.78. The normalized spacial score (nSPS) is 40.3. The number of rotatable bonds is 3. The van der Waals surface area contributed by atoms with Crippen LogP contribution < -0.4 is 0 Å². The summed E-state index contributed by atoms with van der Waals surface area (Å²) < 4.78 is 5.77. The lowest BCUT2D eigenvalue weighted by Crippen LogP contribution is -2.51. The second-order valence-electron chi connectivity index (χ2n) is 4.74. The largest absolute Gasteiger partial charge is 0.368 e. The van der Waals surface area contributed by atoms with Crippen LogP contribution in [0.4, 0.5) is 0 Å². The SMILES string of the molecule is CCCC1(N(C)C)CCCC2OC21.Cl. The topological polar surface area (TPSA) is 15.8 Å². The van der Waals surface area contributed by atoms with Gasteiger partial charge in [-0.3, -0.25) is 0 Å². The molecule has 1 aliphatic carbocycles. The molecule has 2 aliphatic rings. The number of ether oxygens (including phenoxy) is 1. The fourth-order valence-corrected chi connectivity index (χ4v) is 2.99. The zero-order valence-corrected chi connectivity index (χ0v) is 10.3. The summed E-state index contributed by atoms with van der Waals surface area (Å²) in [6.07, 6.45) is 7.68. The summed E-state index contributed by atoms with van der Waals surface area (Å²) in [6, 6.07) is 0. The van der Waals surface area contributed by atoms with Gasteiger partial charge in [0.25, 0.3) is 0 Å². The smallest absolute Gasteiger partial charge is 0.102 e. The highest BCUT2D eigenvalue weighted by molar-refractivity contribution is 5.85. The second-order valence-corrected chi connectivity index (χ2v) is 4.74. The van der Waals surface area contributed by atoms with E-state index in [1.165, 1.54) is 32.1 Å².